The second-order valence-corrected chi connectivity index (χ2v) is 16.5. The molecule has 0 spiro atoms. The Morgan fingerprint density at radius 2 is 1.05 bits per heavy atom. The van der Waals surface area contributed by atoms with Gasteiger partial charge >= 0.3 is 5.97 Å². The van der Waals surface area contributed by atoms with Gasteiger partial charge in [-0.1, -0.05) is 49.2 Å². The quantitative estimate of drug-likeness (QED) is 0.107. The van der Waals surface area contributed by atoms with Crippen LogP contribution in [0.2, 0.25) is 10.0 Å². The monoisotopic (exact) mass is 790 g/mol. The Labute approximate surface area is 328 Å². The van der Waals surface area contributed by atoms with Gasteiger partial charge in [-0.05, 0) is 134 Å². The summed E-state index contributed by atoms with van der Waals surface area (Å²) in [5.74, 6) is -2.19. The van der Waals surface area contributed by atoms with Gasteiger partial charge in [0.25, 0.3) is 11.8 Å². The Morgan fingerprint density at radius 1 is 0.655 bits per heavy atom. The first kappa shape index (κ1) is 39.7. The molecular formula is C42H42Cl2F2N4O5. The molecule has 0 radical (unpaired) electrons. The highest BCUT2D eigenvalue weighted by Gasteiger charge is 2.72. The smallest absolute Gasteiger partial charge is 0.306 e. The van der Waals surface area contributed by atoms with Gasteiger partial charge in [0.1, 0.15) is 11.6 Å². The predicted molar refractivity (Wildman–Crippen MR) is 208 cm³/mol. The lowest BCUT2D eigenvalue weighted by Crippen LogP contribution is -2.77. The highest BCUT2D eigenvalue weighted by atomic mass is 35.5. The molecule has 6 fully saturated rings. The average molecular weight is 792 g/mol. The van der Waals surface area contributed by atoms with Crippen LogP contribution in [0.1, 0.15) is 73.1 Å². The molecule has 2 unspecified atom stereocenters. The zero-order chi connectivity index (χ0) is 39.8. The average Bonchev–Trinajstić information content (AvgIpc) is 3.08. The lowest BCUT2D eigenvalue weighted by molar-refractivity contribution is -0.195. The van der Waals surface area contributed by atoms with E-state index in [1.165, 1.54) is 36.4 Å². The summed E-state index contributed by atoms with van der Waals surface area (Å²) in [5, 5.41) is 19.1. The van der Waals surface area contributed by atoms with Crippen LogP contribution in [0.4, 0.5) is 20.2 Å². The molecular weight excluding hydrogens is 749 g/mol. The Morgan fingerprint density at radius 3 is 1.44 bits per heavy atom. The number of carboxylic acid groups (broad SMARTS) is 1. The van der Waals surface area contributed by atoms with Gasteiger partial charge in [0.2, 0.25) is 5.91 Å². The first-order chi connectivity index (χ1) is 26.0. The van der Waals surface area contributed by atoms with Gasteiger partial charge in [-0.2, -0.15) is 0 Å². The van der Waals surface area contributed by atoms with Crippen molar-refractivity contribution in [2.45, 2.75) is 63.5 Å². The molecule has 0 aliphatic heterocycles. The van der Waals surface area contributed by atoms with Crippen LogP contribution in [0.3, 0.4) is 0 Å². The minimum atomic E-state index is -0.750. The predicted octanol–water partition coefficient (Wildman–Crippen LogP) is 8.53. The normalized spacial score (nSPS) is 25.8. The molecule has 10 rings (SSSR count). The molecule has 0 saturated heterocycles. The molecule has 55 heavy (non-hydrogen) atoms. The summed E-state index contributed by atoms with van der Waals surface area (Å²) in [7, 11) is 0. The van der Waals surface area contributed by atoms with Crippen LogP contribution in [-0.2, 0) is 9.59 Å². The van der Waals surface area contributed by atoms with Crippen LogP contribution in [0.15, 0.2) is 97.1 Å². The van der Waals surface area contributed by atoms with E-state index in [4.69, 9.17) is 34.0 Å². The minimum Gasteiger partial charge on any atom is -0.481 e. The van der Waals surface area contributed by atoms with Gasteiger partial charge in [0, 0.05) is 49.5 Å². The number of aliphatic carboxylic acids is 1. The number of halogens is 4. The van der Waals surface area contributed by atoms with E-state index in [1.54, 1.807) is 67.6 Å². The van der Waals surface area contributed by atoms with Gasteiger partial charge in [-0.25, -0.2) is 8.78 Å². The van der Waals surface area contributed by atoms with Crippen molar-refractivity contribution in [1.82, 2.24) is 10.6 Å². The summed E-state index contributed by atoms with van der Waals surface area (Å²) < 4.78 is 25.0. The van der Waals surface area contributed by atoms with Crippen molar-refractivity contribution in [3.8, 4) is 0 Å². The van der Waals surface area contributed by atoms with E-state index >= 15 is 0 Å². The third-order valence-corrected chi connectivity index (χ3v) is 12.1. The molecule has 6 aliphatic rings. The molecule has 3 amide bonds. The van der Waals surface area contributed by atoms with Crippen molar-refractivity contribution < 1.29 is 33.1 Å². The molecule has 4 bridgehead atoms. The highest BCUT2D eigenvalue weighted by molar-refractivity contribution is 6.31. The van der Waals surface area contributed by atoms with Gasteiger partial charge in [0.05, 0.1) is 5.92 Å². The number of benzene rings is 4. The van der Waals surface area contributed by atoms with E-state index < -0.39 is 5.97 Å². The molecule has 4 aromatic carbocycles. The second-order valence-electron chi connectivity index (χ2n) is 15.6. The van der Waals surface area contributed by atoms with Gasteiger partial charge < -0.3 is 26.8 Å². The van der Waals surface area contributed by atoms with Crippen LogP contribution in [0, 0.1) is 34.3 Å². The maximum Gasteiger partial charge on any atom is 0.306 e. The van der Waals surface area contributed by atoms with Gasteiger partial charge in [-0.15, -0.1) is 0 Å². The Balaban J connectivity index is 0.000000160. The summed E-state index contributed by atoms with van der Waals surface area (Å²) in [4.78, 5) is 48.2. The molecule has 6 saturated carbocycles. The standard InChI is InChI=1S/C21H20ClFN2O2.C15H16ClNO3.C6H6FN/c1-13(18(26)24-17-7-5-16(23)6-8-17)20-10-21(11-20,12-20)25-19(27)14-3-2-4-15(22)9-14;1-9(13(19)20)14-6-15(7-14,8-14)17-12(18)10-3-2-4-11(16)5-10;7-5-1-3-6(8)4-2-5/h2-9,13H,10-12H2,1H3,(H,24,26)(H,25,27);2-5,9H,6-8H2,1H3,(H,17,18)(H,19,20);1-4H,8H2. The Kier molecular flexibility index (Phi) is 11.0. The largest absolute Gasteiger partial charge is 0.481 e. The fraction of sp³-hybridized carbons (Fsp3) is 0.333. The summed E-state index contributed by atoms with van der Waals surface area (Å²) in [5.41, 5.74) is 6.96. The molecule has 6 N–H and O–H groups in total. The zero-order valence-corrected chi connectivity index (χ0v) is 31.8. The third kappa shape index (κ3) is 8.48. The van der Waals surface area contributed by atoms with E-state index in [0.29, 0.717) is 32.5 Å². The molecule has 13 heteroatoms. The summed E-state index contributed by atoms with van der Waals surface area (Å²) in [6.45, 7) is 3.67. The van der Waals surface area contributed by atoms with Crippen molar-refractivity contribution in [2.75, 3.05) is 11.1 Å². The Hall–Kier alpha value is -5.00. The van der Waals surface area contributed by atoms with E-state index in [1.807, 2.05) is 6.92 Å². The van der Waals surface area contributed by atoms with Crippen molar-refractivity contribution in [1.29, 1.82) is 0 Å². The van der Waals surface area contributed by atoms with Crippen molar-refractivity contribution >= 4 is 58.3 Å². The maximum atomic E-state index is 13.0. The molecule has 2 atom stereocenters. The van der Waals surface area contributed by atoms with Gasteiger partial charge in [0.15, 0.2) is 0 Å². The summed E-state index contributed by atoms with van der Waals surface area (Å²) >= 11 is 11.8. The molecule has 0 aromatic heterocycles. The highest BCUT2D eigenvalue weighted by Crippen LogP contribution is 2.71. The molecule has 0 heterocycles. The fourth-order valence-corrected chi connectivity index (χ4v) is 8.97. The van der Waals surface area contributed by atoms with E-state index in [9.17, 15) is 28.0 Å². The van der Waals surface area contributed by atoms with Crippen LogP contribution in [0.5, 0.6) is 0 Å². The number of hydrogen-bond donors (Lipinski definition) is 5. The Bertz CT molecular complexity index is 2050. The number of nitrogen functional groups attached to an aromatic ring is 1. The van der Waals surface area contributed by atoms with Crippen LogP contribution in [0.25, 0.3) is 0 Å². The lowest BCUT2D eigenvalue weighted by Gasteiger charge is -2.72. The number of carbonyl (C=O) groups excluding carboxylic acids is 3. The fourth-order valence-electron chi connectivity index (χ4n) is 8.59. The first-order valence-corrected chi connectivity index (χ1v) is 18.7. The van der Waals surface area contributed by atoms with E-state index in [2.05, 4.69) is 16.0 Å². The number of nitrogens with two attached hydrogens (primary N) is 1. The molecule has 6 aliphatic carbocycles. The maximum absolute atomic E-state index is 13.0. The van der Waals surface area contributed by atoms with Crippen molar-refractivity contribution in [3.63, 3.8) is 0 Å². The number of amides is 3. The second kappa shape index (κ2) is 15.3. The number of carboxylic acids is 1. The lowest BCUT2D eigenvalue weighted by atomic mass is 9.36. The number of carbonyl (C=O) groups is 4. The van der Waals surface area contributed by atoms with E-state index in [0.717, 1.165) is 38.5 Å². The van der Waals surface area contributed by atoms with Crippen LogP contribution in [-0.4, -0.2) is 39.9 Å². The van der Waals surface area contributed by atoms with Gasteiger partial charge in [-0.3, -0.25) is 19.2 Å². The van der Waals surface area contributed by atoms with Crippen molar-refractivity contribution in [3.05, 3.63) is 130 Å². The van der Waals surface area contributed by atoms with E-state index in [-0.39, 0.29) is 63.1 Å². The SMILES string of the molecule is CC(C(=O)Nc1ccc(F)cc1)C12CC(NC(=O)c3cccc(Cl)c3)(C1)C2.CC(C(=O)O)C12CC(NC(=O)c3cccc(Cl)c3)(C1)C2.Nc1ccc(F)cc1. The number of anilines is 2. The first-order valence-electron chi connectivity index (χ1n) is 17.9. The molecule has 4 aromatic rings. The van der Waals surface area contributed by atoms with Crippen LogP contribution >= 0.6 is 23.2 Å². The van der Waals surface area contributed by atoms with Crippen LogP contribution < -0.4 is 21.7 Å². The molecule has 288 valence electrons. The number of hydrogen-bond acceptors (Lipinski definition) is 5. The topological polar surface area (TPSA) is 151 Å². The molecule has 9 nitrogen and oxygen atoms in total. The van der Waals surface area contributed by atoms with Crippen molar-refractivity contribution in [2.24, 2.45) is 22.7 Å². The minimum absolute atomic E-state index is 0.0638. The summed E-state index contributed by atoms with van der Waals surface area (Å²) in [6.07, 6.45) is 4.68. The third-order valence-electron chi connectivity index (χ3n) is 11.7. The number of nitrogens with one attached hydrogen (secondary N) is 3. The summed E-state index contributed by atoms with van der Waals surface area (Å²) in [6, 6.07) is 25.1. The zero-order valence-electron chi connectivity index (χ0n) is 30.3. The number of rotatable bonds is 9.